The molecule has 0 atom stereocenters. The van der Waals surface area contributed by atoms with Gasteiger partial charge in [-0.2, -0.15) is 10.1 Å². The van der Waals surface area contributed by atoms with Gasteiger partial charge in [-0.3, -0.25) is 0 Å². The highest BCUT2D eigenvalue weighted by molar-refractivity contribution is 5.75. The summed E-state index contributed by atoms with van der Waals surface area (Å²) < 4.78 is 7.22. The molecule has 4 heterocycles. The van der Waals surface area contributed by atoms with Crippen molar-refractivity contribution in [1.82, 2.24) is 24.6 Å². The minimum Gasteiger partial charge on any atom is -0.381 e. The van der Waals surface area contributed by atoms with Gasteiger partial charge in [-0.15, -0.1) is 0 Å². The van der Waals surface area contributed by atoms with E-state index >= 15 is 0 Å². The zero-order chi connectivity index (χ0) is 17.5. The summed E-state index contributed by atoms with van der Waals surface area (Å²) in [6.07, 6.45) is 4.77. The Hall–Kier alpha value is -2.51. The van der Waals surface area contributed by atoms with Gasteiger partial charge in [-0.25, -0.2) is 9.67 Å². The number of aromatic nitrogens is 4. The fraction of sp³-hybridized carbons (Fsp3) is 0.421. The molecule has 0 aliphatic carbocycles. The van der Waals surface area contributed by atoms with Crippen LogP contribution in [-0.2, 0) is 24.2 Å². The molecule has 2 aromatic heterocycles. The van der Waals surface area contributed by atoms with Crippen molar-refractivity contribution < 1.29 is 4.74 Å². The zero-order valence-corrected chi connectivity index (χ0v) is 14.9. The third kappa shape index (κ3) is 2.93. The second-order valence-electron chi connectivity index (χ2n) is 7.30. The Morgan fingerprint density at radius 1 is 1.23 bits per heavy atom. The molecule has 1 N–H and O–H groups in total. The van der Waals surface area contributed by atoms with E-state index in [0.717, 1.165) is 56.0 Å². The molecule has 0 radical (unpaired) electrons. The second kappa shape index (κ2) is 6.34. The van der Waals surface area contributed by atoms with E-state index in [0.29, 0.717) is 11.9 Å². The molecule has 0 bridgehead atoms. The lowest BCUT2D eigenvalue weighted by molar-refractivity contribution is -0.0403. The molecule has 0 spiro atoms. The molecule has 2 aliphatic heterocycles. The van der Waals surface area contributed by atoms with Crippen molar-refractivity contribution in [2.45, 2.75) is 19.5 Å². The van der Waals surface area contributed by atoms with E-state index in [4.69, 9.17) is 9.72 Å². The number of nitrogens with zero attached hydrogens (tertiary/aromatic N) is 5. The average molecular weight is 350 g/mol. The monoisotopic (exact) mass is 350 g/mol. The molecule has 1 aromatic carbocycles. The molecular weight excluding hydrogens is 328 g/mol. The number of nitrogens with one attached hydrogen (secondary N) is 1. The first-order valence-corrected chi connectivity index (χ1v) is 9.08. The van der Waals surface area contributed by atoms with Crippen molar-refractivity contribution in [3.05, 3.63) is 41.7 Å². The Bertz CT molecular complexity index is 948. The van der Waals surface area contributed by atoms with Crippen molar-refractivity contribution in [2.24, 2.45) is 5.92 Å². The van der Waals surface area contributed by atoms with Gasteiger partial charge in [0, 0.05) is 30.9 Å². The van der Waals surface area contributed by atoms with Gasteiger partial charge in [0.2, 0.25) is 5.95 Å². The van der Waals surface area contributed by atoms with Gasteiger partial charge in [-0.1, -0.05) is 6.07 Å². The predicted molar refractivity (Wildman–Crippen MR) is 99.4 cm³/mol. The lowest BCUT2D eigenvalue weighted by Crippen LogP contribution is -2.31. The van der Waals surface area contributed by atoms with Gasteiger partial charge in [0.25, 0.3) is 0 Å². The topological polar surface area (TPSA) is 68.1 Å². The van der Waals surface area contributed by atoms with E-state index in [2.05, 4.69) is 45.5 Å². The van der Waals surface area contributed by atoms with Crippen LogP contribution in [0.25, 0.3) is 11.0 Å². The SMILES string of the molecule is CN1CCc2ccc(Nc3ncc4cnn(CC5COC5)c4n3)cc2C1. The van der Waals surface area contributed by atoms with Crippen LogP contribution >= 0.6 is 0 Å². The van der Waals surface area contributed by atoms with Crippen LogP contribution in [0, 0.1) is 5.92 Å². The number of fused-ring (bicyclic) bond motifs is 2. The molecule has 134 valence electrons. The molecule has 2 aliphatic rings. The molecule has 5 rings (SSSR count). The van der Waals surface area contributed by atoms with Crippen molar-refractivity contribution in [3.8, 4) is 0 Å². The first-order chi connectivity index (χ1) is 12.7. The van der Waals surface area contributed by atoms with Crippen LogP contribution in [0.1, 0.15) is 11.1 Å². The number of likely N-dealkylation sites (N-methyl/N-ethyl adjacent to an activating group) is 1. The predicted octanol–water partition coefficient (Wildman–Crippen LogP) is 2.20. The van der Waals surface area contributed by atoms with Crippen molar-refractivity contribution in [3.63, 3.8) is 0 Å². The van der Waals surface area contributed by atoms with E-state index in [1.165, 1.54) is 11.1 Å². The van der Waals surface area contributed by atoms with Crippen molar-refractivity contribution in [2.75, 3.05) is 32.1 Å². The van der Waals surface area contributed by atoms with Crippen LogP contribution in [0.5, 0.6) is 0 Å². The quantitative estimate of drug-likeness (QED) is 0.778. The number of benzene rings is 1. The van der Waals surface area contributed by atoms with Gasteiger partial charge in [0.1, 0.15) is 0 Å². The van der Waals surface area contributed by atoms with Crippen LogP contribution < -0.4 is 5.32 Å². The van der Waals surface area contributed by atoms with Crippen molar-refractivity contribution in [1.29, 1.82) is 0 Å². The highest BCUT2D eigenvalue weighted by atomic mass is 16.5. The summed E-state index contributed by atoms with van der Waals surface area (Å²) in [7, 11) is 2.16. The number of rotatable bonds is 4. The maximum Gasteiger partial charge on any atom is 0.229 e. The highest BCUT2D eigenvalue weighted by Gasteiger charge is 2.20. The molecule has 0 unspecified atom stereocenters. The Morgan fingerprint density at radius 3 is 3.00 bits per heavy atom. The maximum atomic E-state index is 5.26. The summed E-state index contributed by atoms with van der Waals surface area (Å²) in [6.45, 7) is 4.56. The lowest BCUT2D eigenvalue weighted by Gasteiger charge is -2.25. The van der Waals surface area contributed by atoms with Crippen LogP contribution in [0.3, 0.4) is 0 Å². The van der Waals surface area contributed by atoms with Gasteiger partial charge >= 0.3 is 0 Å². The molecule has 3 aromatic rings. The summed E-state index contributed by atoms with van der Waals surface area (Å²) in [6, 6.07) is 6.53. The molecule has 7 nitrogen and oxygen atoms in total. The Balaban J connectivity index is 1.40. The van der Waals surface area contributed by atoms with Gasteiger partial charge < -0.3 is 15.0 Å². The van der Waals surface area contributed by atoms with E-state index in [1.54, 1.807) is 0 Å². The smallest absolute Gasteiger partial charge is 0.229 e. The zero-order valence-electron chi connectivity index (χ0n) is 14.9. The van der Waals surface area contributed by atoms with E-state index in [9.17, 15) is 0 Å². The fourth-order valence-electron chi connectivity index (χ4n) is 3.60. The van der Waals surface area contributed by atoms with Gasteiger partial charge in [-0.05, 0) is 36.7 Å². The normalized spacial score (nSPS) is 17.9. The number of hydrogen-bond donors (Lipinski definition) is 1. The average Bonchev–Trinajstić information content (AvgIpc) is 3.00. The van der Waals surface area contributed by atoms with E-state index in [1.807, 2.05) is 17.1 Å². The third-order valence-electron chi connectivity index (χ3n) is 5.18. The van der Waals surface area contributed by atoms with E-state index < -0.39 is 0 Å². The maximum absolute atomic E-state index is 5.26. The number of anilines is 2. The molecule has 7 heteroatoms. The van der Waals surface area contributed by atoms with Crippen molar-refractivity contribution >= 4 is 22.7 Å². The van der Waals surface area contributed by atoms with Gasteiger partial charge in [0.15, 0.2) is 5.65 Å². The molecule has 26 heavy (non-hydrogen) atoms. The molecule has 0 saturated carbocycles. The molecular formula is C19H22N6O. The van der Waals surface area contributed by atoms with Crippen LogP contribution in [0.4, 0.5) is 11.6 Å². The minimum absolute atomic E-state index is 0.530. The number of hydrogen-bond acceptors (Lipinski definition) is 6. The summed E-state index contributed by atoms with van der Waals surface area (Å²) in [5.41, 5.74) is 4.70. The second-order valence-corrected chi connectivity index (χ2v) is 7.30. The third-order valence-corrected chi connectivity index (χ3v) is 5.18. The summed E-state index contributed by atoms with van der Waals surface area (Å²) >= 11 is 0. The first kappa shape index (κ1) is 15.7. The lowest BCUT2D eigenvalue weighted by atomic mass is 9.99. The Morgan fingerprint density at radius 2 is 2.15 bits per heavy atom. The summed E-state index contributed by atoms with van der Waals surface area (Å²) in [5, 5.41) is 8.77. The fourth-order valence-corrected chi connectivity index (χ4v) is 3.60. The Labute approximate surface area is 152 Å². The standard InChI is InChI=1S/C19H22N6O/c1-24-5-4-14-2-3-17(6-15(14)10-24)22-19-20-7-16-8-21-25(18(16)23-19)9-13-11-26-12-13/h2-3,6-8,13H,4-5,9-12H2,1H3,(H,20,22,23). The number of ether oxygens (including phenoxy) is 1. The molecule has 1 fully saturated rings. The minimum atomic E-state index is 0.530. The summed E-state index contributed by atoms with van der Waals surface area (Å²) in [4.78, 5) is 11.5. The van der Waals surface area contributed by atoms with Crippen LogP contribution in [0.15, 0.2) is 30.6 Å². The van der Waals surface area contributed by atoms with E-state index in [-0.39, 0.29) is 0 Å². The summed E-state index contributed by atoms with van der Waals surface area (Å²) in [5.74, 6) is 1.13. The van der Waals surface area contributed by atoms with Gasteiger partial charge in [0.05, 0.1) is 31.3 Å². The van der Waals surface area contributed by atoms with Crippen LogP contribution in [-0.4, -0.2) is 51.5 Å². The molecule has 0 amide bonds. The highest BCUT2D eigenvalue weighted by Crippen LogP contribution is 2.24. The van der Waals surface area contributed by atoms with Crippen LogP contribution in [0.2, 0.25) is 0 Å². The Kier molecular flexibility index (Phi) is 3.83. The molecule has 1 saturated heterocycles. The largest absolute Gasteiger partial charge is 0.381 e. The first-order valence-electron chi connectivity index (χ1n) is 9.08.